The molecule has 2 aromatic rings. The SMILES string of the molecule is CN=C(NCCCCc1nc(C)cs1)NCC(c1ccc(OC)cc1)N1CCOCC1.I. The lowest BCUT2D eigenvalue weighted by Crippen LogP contribution is -2.46. The van der Waals surface area contributed by atoms with Crippen molar-refractivity contribution in [1.29, 1.82) is 0 Å². The van der Waals surface area contributed by atoms with Gasteiger partial charge >= 0.3 is 0 Å². The van der Waals surface area contributed by atoms with Crippen molar-refractivity contribution in [2.24, 2.45) is 4.99 Å². The lowest BCUT2D eigenvalue weighted by Gasteiger charge is -2.35. The molecule has 9 heteroatoms. The third kappa shape index (κ3) is 8.49. The number of methoxy groups -OCH3 is 1. The molecule has 2 heterocycles. The number of morpholine rings is 1. The molecule has 0 amide bonds. The van der Waals surface area contributed by atoms with E-state index in [1.165, 1.54) is 10.6 Å². The van der Waals surface area contributed by atoms with E-state index >= 15 is 0 Å². The van der Waals surface area contributed by atoms with Crippen LogP contribution in [0.15, 0.2) is 34.6 Å². The fourth-order valence-electron chi connectivity index (χ4n) is 3.71. The number of guanidine groups is 1. The Morgan fingerprint density at radius 1 is 1.22 bits per heavy atom. The van der Waals surface area contributed by atoms with Gasteiger partial charge in [0.2, 0.25) is 0 Å². The van der Waals surface area contributed by atoms with Crippen LogP contribution in [0.5, 0.6) is 5.75 Å². The van der Waals surface area contributed by atoms with Crippen molar-refractivity contribution >= 4 is 41.3 Å². The number of ether oxygens (including phenoxy) is 2. The van der Waals surface area contributed by atoms with Gasteiger partial charge in [0, 0.05) is 44.3 Å². The van der Waals surface area contributed by atoms with Crippen LogP contribution in [0.25, 0.3) is 0 Å². The second-order valence-electron chi connectivity index (χ2n) is 7.66. The van der Waals surface area contributed by atoms with Crippen molar-refractivity contribution < 1.29 is 9.47 Å². The molecule has 1 fully saturated rings. The first-order valence-corrected chi connectivity index (χ1v) is 11.9. The van der Waals surface area contributed by atoms with Gasteiger partial charge in [-0.1, -0.05) is 12.1 Å². The lowest BCUT2D eigenvalue weighted by molar-refractivity contribution is 0.0170. The second kappa shape index (κ2) is 14.7. The summed E-state index contributed by atoms with van der Waals surface area (Å²) in [6, 6.07) is 8.61. The summed E-state index contributed by atoms with van der Waals surface area (Å²) in [6.45, 7) is 7.14. The summed E-state index contributed by atoms with van der Waals surface area (Å²) in [5.41, 5.74) is 2.39. The van der Waals surface area contributed by atoms with Crippen molar-refractivity contribution in [3.8, 4) is 5.75 Å². The number of nitrogens with one attached hydrogen (secondary N) is 2. The van der Waals surface area contributed by atoms with Crippen LogP contribution in [0, 0.1) is 6.92 Å². The number of aliphatic imine (C=N–C) groups is 1. The summed E-state index contributed by atoms with van der Waals surface area (Å²) in [5, 5.41) is 10.3. The summed E-state index contributed by atoms with van der Waals surface area (Å²) in [5.74, 6) is 1.72. The second-order valence-corrected chi connectivity index (χ2v) is 8.60. The van der Waals surface area contributed by atoms with E-state index in [0.29, 0.717) is 0 Å². The number of nitrogens with zero attached hydrogens (tertiary/aromatic N) is 3. The molecule has 3 rings (SSSR count). The molecule has 1 saturated heterocycles. The highest BCUT2D eigenvalue weighted by molar-refractivity contribution is 14.0. The first-order valence-electron chi connectivity index (χ1n) is 11.0. The number of rotatable bonds is 10. The summed E-state index contributed by atoms with van der Waals surface area (Å²) in [7, 11) is 3.52. The van der Waals surface area contributed by atoms with Crippen molar-refractivity contribution in [2.75, 3.05) is 53.6 Å². The largest absolute Gasteiger partial charge is 0.497 e. The monoisotopic (exact) mass is 573 g/mol. The van der Waals surface area contributed by atoms with Gasteiger partial charge in [0.25, 0.3) is 0 Å². The van der Waals surface area contributed by atoms with Crippen LogP contribution >= 0.6 is 35.3 Å². The minimum absolute atomic E-state index is 0. The van der Waals surface area contributed by atoms with Crippen molar-refractivity contribution in [3.05, 3.63) is 45.9 Å². The van der Waals surface area contributed by atoms with E-state index in [-0.39, 0.29) is 30.0 Å². The van der Waals surface area contributed by atoms with Gasteiger partial charge in [-0.15, -0.1) is 35.3 Å². The molecule has 1 aromatic heterocycles. The van der Waals surface area contributed by atoms with E-state index in [9.17, 15) is 0 Å². The molecular formula is C23H36IN5O2S. The Bertz CT molecular complexity index is 809. The van der Waals surface area contributed by atoms with Crippen LogP contribution in [0.3, 0.4) is 0 Å². The average Bonchev–Trinajstić information content (AvgIpc) is 3.23. The van der Waals surface area contributed by atoms with Crippen molar-refractivity contribution in [3.63, 3.8) is 0 Å². The zero-order chi connectivity index (χ0) is 21.9. The van der Waals surface area contributed by atoms with Gasteiger partial charge in [0.1, 0.15) is 5.75 Å². The number of hydrogen-bond acceptors (Lipinski definition) is 6. The normalized spacial score (nSPS) is 15.7. The number of aryl methyl sites for hydroxylation is 2. The van der Waals surface area contributed by atoms with Crippen LogP contribution < -0.4 is 15.4 Å². The van der Waals surface area contributed by atoms with E-state index in [4.69, 9.17) is 9.47 Å². The van der Waals surface area contributed by atoms with Gasteiger partial charge in [-0.25, -0.2) is 4.98 Å². The zero-order valence-electron chi connectivity index (χ0n) is 19.3. The van der Waals surface area contributed by atoms with E-state index in [2.05, 4.69) is 43.0 Å². The summed E-state index contributed by atoms with van der Waals surface area (Å²) >= 11 is 1.75. The van der Waals surface area contributed by atoms with Crippen molar-refractivity contribution in [1.82, 2.24) is 20.5 Å². The first-order chi connectivity index (χ1) is 15.2. The van der Waals surface area contributed by atoms with Gasteiger partial charge in [0.15, 0.2) is 5.96 Å². The summed E-state index contributed by atoms with van der Waals surface area (Å²) in [4.78, 5) is 11.4. The maximum absolute atomic E-state index is 5.56. The molecule has 1 aliphatic heterocycles. The number of thiazole rings is 1. The van der Waals surface area contributed by atoms with Crippen LogP contribution in [0.4, 0.5) is 0 Å². The molecule has 1 atom stereocenters. The molecular weight excluding hydrogens is 537 g/mol. The minimum atomic E-state index is 0. The third-order valence-electron chi connectivity index (χ3n) is 5.45. The Hall–Kier alpha value is -1.43. The van der Waals surface area contributed by atoms with Gasteiger partial charge in [-0.05, 0) is 43.9 Å². The maximum Gasteiger partial charge on any atom is 0.191 e. The van der Waals surface area contributed by atoms with E-state index in [1.807, 2.05) is 26.1 Å². The molecule has 0 spiro atoms. The Labute approximate surface area is 213 Å². The van der Waals surface area contributed by atoms with Gasteiger partial charge in [-0.3, -0.25) is 9.89 Å². The number of halogens is 1. The Kier molecular flexibility index (Phi) is 12.3. The van der Waals surface area contributed by atoms with Gasteiger partial charge in [0.05, 0.1) is 31.4 Å². The van der Waals surface area contributed by atoms with E-state index < -0.39 is 0 Å². The molecule has 0 radical (unpaired) electrons. The molecule has 32 heavy (non-hydrogen) atoms. The highest BCUT2D eigenvalue weighted by Gasteiger charge is 2.23. The minimum Gasteiger partial charge on any atom is -0.497 e. The Morgan fingerprint density at radius 3 is 2.59 bits per heavy atom. The third-order valence-corrected chi connectivity index (χ3v) is 6.48. The van der Waals surface area contributed by atoms with E-state index in [1.54, 1.807) is 18.4 Å². The number of unbranched alkanes of at least 4 members (excludes halogenated alkanes) is 1. The molecule has 0 bridgehead atoms. The maximum atomic E-state index is 5.56. The first kappa shape index (κ1) is 26.8. The van der Waals surface area contributed by atoms with Crippen LogP contribution in [-0.2, 0) is 11.2 Å². The fraction of sp³-hybridized carbons (Fsp3) is 0.565. The van der Waals surface area contributed by atoms with Gasteiger partial charge in [-0.2, -0.15) is 0 Å². The predicted molar refractivity (Wildman–Crippen MR) is 143 cm³/mol. The lowest BCUT2D eigenvalue weighted by atomic mass is 10.0. The molecule has 7 nitrogen and oxygen atoms in total. The summed E-state index contributed by atoms with van der Waals surface area (Å²) < 4.78 is 10.9. The highest BCUT2D eigenvalue weighted by atomic mass is 127. The van der Waals surface area contributed by atoms with Crippen LogP contribution in [-0.4, -0.2) is 69.4 Å². The molecule has 1 unspecified atom stereocenters. The zero-order valence-corrected chi connectivity index (χ0v) is 22.4. The topological polar surface area (TPSA) is 71.0 Å². The highest BCUT2D eigenvalue weighted by Crippen LogP contribution is 2.23. The van der Waals surface area contributed by atoms with Crippen LogP contribution in [0.2, 0.25) is 0 Å². The Morgan fingerprint density at radius 2 is 1.97 bits per heavy atom. The molecule has 1 aromatic carbocycles. The standard InChI is InChI=1S/C23H35N5O2S.HI/c1-18-17-31-22(27-18)6-4-5-11-25-23(24-2)26-16-21(28-12-14-30-15-13-28)19-7-9-20(29-3)10-8-19;/h7-10,17,21H,4-6,11-16H2,1-3H3,(H2,24,25,26);1H. The molecule has 2 N–H and O–H groups in total. The Balaban J connectivity index is 0.00000363. The van der Waals surface area contributed by atoms with Crippen LogP contribution in [0.1, 0.15) is 35.1 Å². The van der Waals surface area contributed by atoms with Gasteiger partial charge < -0.3 is 20.1 Å². The molecule has 178 valence electrons. The smallest absolute Gasteiger partial charge is 0.191 e. The van der Waals surface area contributed by atoms with E-state index in [0.717, 1.165) is 76.1 Å². The molecule has 1 aliphatic rings. The molecule has 0 saturated carbocycles. The number of hydrogen-bond donors (Lipinski definition) is 2. The van der Waals surface area contributed by atoms with Crippen molar-refractivity contribution in [2.45, 2.75) is 32.2 Å². The number of aromatic nitrogens is 1. The fourth-order valence-corrected chi connectivity index (χ4v) is 4.53. The average molecular weight is 574 g/mol. The quantitative estimate of drug-likeness (QED) is 0.196. The molecule has 0 aliphatic carbocycles. The summed E-state index contributed by atoms with van der Waals surface area (Å²) in [6.07, 6.45) is 3.26. The number of benzene rings is 1. The predicted octanol–water partition coefficient (Wildman–Crippen LogP) is 3.64.